The third-order valence-corrected chi connectivity index (χ3v) is 7.64. The second-order valence-electron chi connectivity index (χ2n) is 9.62. The molecule has 0 aliphatic carbocycles. The molecule has 2 aliphatic heterocycles. The van der Waals surface area contributed by atoms with Crippen LogP contribution in [0.25, 0.3) is 21.8 Å². The van der Waals surface area contributed by atoms with Gasteiger partial charge >= 0.3 is 0 Å². The number of imide groups is 1. The van der Waals surface area contributed by atoms with Crippen LogP contribution in [0.5, 0.6) is 0 Å². The van der Waals surface area contributed by atoms with Crippen molar-refractivity contribution in [1.82, 2.24) is 19.8 Å². The van der Waals surface area contributed by atoms with Crippen molar-refractivity contribution in [1.29, 1.82) is 0 Å². The average molecular weight is 477 g/mol. The Kier molecular flexibility index (Phi) is 5.40. The minimum atomic E-state index is -0.578. The van der Waals surface area contributed by atoms with Gasteiger partial charge in [-0.2, -0.15) is 0 Å². The Morgan fingerprint density at radius 3 is 2.09 bits per heavy atom. The van der Waals surface area contributed by atoms with E-state index in [1.165, 1.54) is 23.1 Å². The number of benzene rings is 2. The number of piperidine rings is 1. The third-order valence-electron chi connectivity index (χ3n) is 7.64. The number of carbonyl (C=O) groups is 2. The van der Waals surface area contributed by atoms with E-state index in [0.29, 0.717) is 30.0 Å². The number of hydrogen-bond donors (Lipinski definition) is 2. The molecule has 4 aromatic rings. The zero-order valence-corrected chi connectivity index (χ0v) is 19.2. The van der Waals surface area contributed by atoms with Gasteiger partial charge in [-0.05, 0) is 79.4 Å². The maximum Gasteiger partial charge on any atom is 0.237 e. The van der Waals surface area contributed by atoms with Crippen LogP contribution in [0.2, 0.25) is 0 Å². The quantitative estimate of drug-likeness (QED) is 0.412. The van der Waals surface area contributed by atoms with Gasteiger partial charge in [-0.15, -0.1) is 0 Å². The van der Waals surface area contributed by atoms with Crippen molar-refractivity contribution >= 4 is 33.6 Å². The van der Waals surface area contributed by atoms with Crippen LogP contribution in [0.4, 0.5) is 8.78 Å². The highest BCUT2D eigenvalue weighted by Gasteiger charge is 2.40. The Balaban J connectivity index is 1.08. The van der Waals surface area contributed by atoms with Gasteiger partial charge in [-0.25, -0.2) is 8.78 Å². The van der Waals surface area contributed by atoms with Crippen molar-refractivity contribution in [2.45, 2.75) is 31.1 Å². The summed E-state index contributed by atoms with van der Waals surface area (Å²) in [5.74, 6) is -1.22. The molecule has 35 heavy (non-hydrogen) atoms. The molecule has 2 fully saturated rings. The molecule has 8 heteroatoms. The van der Waals surface area contributed by atoms with Crippen molar-refractivity contribution in [3.63, 3.8) is 0 Å². The molecular weight excluding hydrogens is 450 g/mol. The number of amides is 2. The summed E-state index contributed by atoms with van der Waals surface area (Å²) >= 11 is 0. The second kappa shape index (κ2) is 8.61. The molecule has 2 saturated heterocycles. The number of likely N-dealkylation sites (tertiary alicyclic amines) is 2. The van der Waals surface area contributed by atoms with E-state index in [1.807, 2.05) is 6.20 Å². The van der Waals surface area contributed by atoms with Gasteiger partial charge in [0.05, 0.1) is 5.92 Å². The molecule has 2 amide bonds. The van der Waals surface area contributed by atoms with Crippen LogP contribution in [0, 0.1) is 11.6 Å². The van der Waals surface area contributed by atoms with Crippen LogP contribution in [-0.2, 0) is 9.59 Å². The molecule has 0 radical (unpaired) electrons. The van der Waals surface area contributed by atoms with Gasteiger partial charge in [-0.3, -0.25) is 14.5 Å². The molecule has 0 saturated carbocycles. The zero-order chi connectivity index (χ0) is 24.1. The molecule has 2 aliphatic rings. The summed E-state index contributed by atoms with van der Waals surface area (Å²) in [6, 6.07) is 9.26. The number of nitrogens with zero attached hydrogens (tertiary/aromatic N) is 2. The van der Waals surface area contributed by atoms with Gasteiger partial charge in [0.25, 0.3) is 0 Å². The van der Waals surface area contributed by atoms with Crippen LogP contribution in [0.1, 0.15) is 42.2 Å². The number of aromatic nitrogens is 2. The SMILES string of the molecule is O=C1CC(c2c[nH]c3ccc(F)cc23)C(=O)N1CCN1CCC(c2c[nH]c3ccc(F)cc23)CC1. The first-order valence-electron chi connectivity index (χ1n) is 12.1. The van der Waals surface area contributed by atoms with Gasteiger partial charge in [0.2, 0.25) is 11.8 Å². The molecule has 6 rings (SSSR count). The molecule has 6 nitrogen and oxygen atoms in total. The monoisotopic (exact) mass is 476 g/mol. The van der Waals surface area contributed by atoms with E-state index in [-0.39, 0.29) is 29.9 Å². The number of halogens is 2. The van der Waals surface area contributed by atoms with Crippen LogP contribution in [0.15, 0.2) is 48.8 Å². The Morgan fingerprint density at radius 2 is 1.43 bits per heavy atom. The lowest BCUT2D eigenvalue weighted by atomic mass is 9.89. The molecule has 2 aromatic heterocycles. The summed E-state index contributed by atoms with van der Waals surface area (Å²) < 4.78 is 27.5. The first-order chi connectivity index (χ1) is 17.0. The fourth-order valence-electron chi connectivity index (χ4n) is 5.72. The smallest absolute Gasteiger partial charge is 0.237 e. The highest BCUT2D eigenvalue weighted by Crippen LogP contribution is 2.36. The predicted octanol–water partition coefficient (Wildman–Crippen LogP) is 4.65. The van der Waals surface area contributed by atoms with E-state index in [2.05, 4.69) is 14.9 Å². The van der Waals surface area contributed by atoms with E-state index in [4.69, 9.17) is 0 Å². The average Bonchev–Trinajstić information content (AvgIpc) is 3.53. The summed E-state index contributed by atoms with van der Waals surface area (Å²) in [5, 5.41) is 1.59. The minimum absolute atomic E-state index is 0.113. The van der Waals surface area contributed by atoms with Crippen LogP contribution < -0.4 is 0 Å². The van der Waals surface area contributed by atoms with Crippen LogP contribution in [-0.4, -0.2) is 57.8 Å². The number of fused-ring (bicyclic) bond motifs is 2. The minimum Gasteiger partial charge on any atom is -0.361 e. The summed E-state index contributed by atoms with van der Waals surface area (Å²) in [4.78, 5) is 35.8. The molecule has 1 atom stereocenters. The summed E-state index contributed by atoms with van der Waals surface area (Å²) in [6.07, 6.45) is 5.69. The van der Waals surface area contributed by atoms with E-state index in [1.54, 1.807) is 24.4 Å². The molecule has 4 heterocycles. The first kappa shape index (κ1) is 22.0. The van der Waals surface area contributed by atoms with E-state index in [0.717, 1.165) is 47.9 Å². The maximum absolute atomic E-state index is 13.8. The van der Waals surface area contributed by atoms with E-state index >= 15 is 0 Å². The fourth-order valence-corrected chi connectivity index (χ4v) is 5.72. The Labute approximate surface area is 200 Å². The standard InChI is InChI=1S/C27H26F2N4O2/c28-17-1-3-24-19(11-17)22(14-30-24)16-5-7-32(8-6-16)9-10-33-26(34)13-21(27(33)35)23-15-31-25-4-2-18(29)12-20(23)25/h1-4,11-12,14-16,21,30-31H,5-10,13H2. The van der Waals surface area contributed by atoms with E-state index < -0.39 is 5.92 Å². The van der Waals surface area contributed by atoms with Crippen molar-refractivity contribution in [2.24, 2.45) is 0 Å². The highest BCUT2D eigenvalue weighted by molar-refractivity contribution is 6.08. The van der Waals surface area contributed by atoms with Crippen molar-refractivity contribution in [3.8, 4) is 0 Å². The predicted molar refractivity (Wildman–Crippen MR) is 129 cm³/mol. The molecular formula is C27H26F2N4O2. The lowest BCUT2D eigenvalue weighted by Gasteiger charge is -2.32. The van der Waals surface area contributed by atoms with Gasteiger partial charge in [0, 0.05) is 53.7 Å². The summed E-state index contributed by atoms with van der Waals surface area (Å²) in [5.41, 5.74) is 3.53. The molecule has 180 valence electrons. The largest absolute Gasteiger partial charge is 0.361 e. The topological polar surface area (TPSA) is 72.2 Å². The number of H-pyrrole nitrogens is 2. The lowest BCUT2D eigenvalue weighted by molar-refractivity contribution is -0.139. The van der Waals surface area contributed by atoms with Crippen LogP contribution in [0.3, 0.4) is 0 Å². The number of rotatable bonds is 5. The Hall–Kier alpha value is -3.52. The van der Waals surface area contributed by atoms with Gasteiger partial charge in [0.1, 0.15) is 11.6 Å². The zero-order valence-electron chi connectivity index (χ0n) is 19.2. The maximum atomic E-state index is 13.8. The van der Waals surface area contributed by atoms with Crippen LogP contribution >= 0.6 is 0 Å². The molecule has 2 N–H and O–H groups in total. The summed E-state index contributed by atoms with van der Waals surface area (Å²) in [6.45, 7) is 2.69. The second-order valence-corrected chi connectivity index (χ2v) is 9.62. The number of carbonyl (C=O) groups excluding carboxylic acids is 2. The number of hydrogen-bond acceptors (Lipinski definition) is 3. The van der Waals surface area contributed by atoms with Crippen molar-refractivity contribution in [3.05, 3.63) is 71.6 Å². The number of nitrogens with one attached hydrogen (secondary N) is 2. The van der Waals surface area contributed by atoms with E-state index in [9.17, 15) is 18.4 Å². The Bertz CT molecular complexity index is 1430. The Morgan fingerprint density at radius 1 is 0.829 bits per heavy atom. The van der Waals surface area contributed by atoms with Crippen molar-refractivity contribution < 1.29 is 18.4 Å². The fraction of sp³-hybridized carbons (Fsp3) is 0.333. The summed E-state index contributed by atoms with van der Waals surface area (Å²) in [7, 11) is 0. The lowest BCUT2D eigenvalue weighted by Crippen LogP contribution is -2.41. The molecule has 2 aromatic carbocycles. The number of aromatic amines is 2. The van der Waals surface area contributed by atoms with Gasteiger partial charge < -0.3 is 14.9 Å². The molecule has 1 unspecified atom stereocenters. The van der Waals surface area contributed by atoms with Crippen molar-refractivity contribution in [2.75, 3.05) is 26.2 Å². The first-order valence-corrected chi connectivity index (χ1v) is 12.1. The molecule has 0 spiro atoms. The molecule has 0 bridgehead atoms. The third kappa shape index (κ3) is 3.91. The highest BCUT2D eigenvalue weighted by atomic mass is 19.1. The normalized spacial score (nSPS) is 20.1. The van der Waals surface area contributed by atoms with Gasteiger partial charge in [-0.1, -0.05) is 0 Å². The van der Waals surface area contributed by atoms with Gasteiger partial charge in [0.15, 0.2) is 0 Å².